The second-order valence-electron chi connectivity index (χ2n) is 13.1. The Morgan fingerprint density at radius 2 is 1.57 bits per heavy atom. The molecule has 0 unspecified atom stereocenters. The number of amides is 2. The molecule has 0 spiro atoms. The van der Waals surface area contributed by atoms with Crippen LogP contribution in [0.4, 0.5) is 16.2 Å². The molecule has 0 atom stereocenters. The molecule has 1 aliphatic carbocycles. The molecule has 1 saturated carbocycles. The number of ether oxygens (including phenoxy) is 2. The molecule has 236 valence electrons. The molecule has 5 rings (SSSR count). The lowest BCUT2D eigenvalue weighted by Gasteiger charge is -2.43. The molecule has 10 heteroatoms. The van der Waals surface area contributed by atoms with Gasteiger partial charge in [0.2, 0.25) is 5.69 Å². The predicted molar refractivity (Wildman–Crippen MR) is 173 cm³/mol. The minimum Gasteiger partial charge on any atom is -0.490 e. The molecule has 2 aromatic rings. The summed E-state index contributed by atoms with van der Waals surface area (Å²) in [6.07, 6.45) is 5.22. The lowest BCUT2D eigenvalue weighted by molar-refractivity contribution is 0.0140. The van der Waals surface area contributed by atoms with E-state index in [-0.39, 0.29) is 24.1 Å². The summed E-state index contributed by atoms with van der Waals surface area (Å²) in [4.78, 5) is 35.6. The Balaban J connectivity index is 1.02. The number of likely N-dealkylation sites (tertiary alicyclic amines) is 1. The minimum atomic E-state index is -0.464. The summed E-state index contributed by atoms with van der Waals surface area (Å²) in [5.41, 5.74) is 1.78. The maximum absolute atomic E-state index is 13.0. The van der Waals surface area contributed by atoms with Crippen molar-refractivity contribution >= 4 is 35.0 Å². The number of halogens is 1. The summed E-state index contributed by atoms with van der Waals surface area (Å²) in [5, 5.41) is 3.61. The van der Waals surface area contributed by atoms with Gasteiger partial charge in [-0.1, -0.05) is 17.7 Å². The standard InChI is InChI=1S/C34H44ClN5O4/c1-34(2,3)44-33(42)40-17-15-27(16-18-40)39-21-19-38(20-22-39)26-9-5-24(6-10-26)32(41)37-25-7-11-28(12-8-25)43-29-13-14-31(36-4)30(35)23-29/h5-6,9-10,13-14,23,25,27-28H,7-8,11-12,15-22H2,1-3H3,(H,37,41). The van der Waals surface area contributed by atoms with E-state index in [0.29, 0.717) is 28.1 Å². The van der Waals surface area contributed by atoms with Crippen LogP contribution in [0, 0.1) is 6.57 Å². The second kappa shape index (κ2) is 14.1. The van der Waals surface area contributed by atoms with Crippen molar-refractivity contribution in [2.75, 3.05) is 44.2 Å². The lowest BCUT2D eigenvalue weighted by Crippen LogP contribution is -2.54. The highest BCUT2D eigenvalue weighted by Crippen LogP contribution is 2.31. The highest BCUT2D eigenvalue weighted by molar-refractivity contribution is 6.33. The van der Waals surface area contributed by atoms with Gasteiger partial charge < -0.3 is 24.6 Å². The number of piperazine rings is 1. The van der Waals surface area contributed by atoms with Gasteiger partial charge in [0.05, 0.1) is 17.7 Å². The number of carbonyl (C=O) groups is 2. The van der Waals surface area contributed by atoms with Crippen LogP contribution in [0.3, 0.4) is 0 Å². The van der Waals surface area contributed by atoms with E-state index in [0.717, 1.165) is 83.5 Å². The Bertz CT molecular complexity index is 1330. The maximum Gasteiger partial charge on any atom is 0.410 e. The minimum absolute atomic E-state index is 0.0371. The van der Waals surface area contributed by atoms with E-state index in [4.69, 9.17) is 27.6 Å². The van der Waals surface area contributed by atoms with Gasteiger partial charge in [-0.25, -0.2) is 9.64 Å². The van der Waals surface area contributed by atoms with E-state index in [2.05, 4.69) is 32.1 Å². The van der Waals surface area contributed by atoms with Crippen molar-refractivity contribution in [1.29, 1.82) is 0 Å². The average Bonchev–Trinajstić information content (AvgIpc) is 3.01. The Labute approximate surface area is 266 Å². The molecule has 0 radical (unpaired) electrons. The van der Waals surface area contributed by atoms with Gasteiger partial charge >= 0.3 is 6.09 Å². The van der Waals surface area contributed by atoms with Gasteiger partial charge in [0.25, 0.3) is 5.91 Å². The smallest absolute Gasteiger partial charge is 0.410 e. The third-order valence-electron chi connectivity index (χ3n) is 8.79. The fourth-order valence-electron chi connectivity index (χ4n) is 6.35. The third-order valence-corrected chi connectivity index (χ3v) is 9.10. The number of hydrogen-bond acceptors (Lipinski definition) is 6. The molecule has 0 aromatic heterocycles. The van der Waals surface area contributed by atoms with Crippen LogP contribution in [0.25, 0.3) is 4.85 Å². The van der Waals surface area contributed by atoms with Gasteiger partial charge in [0.15, 0.2) is 0 Å². The topological polar surface area (TPSA) is 78.7 Å². The first-order valence-electron chi connectivity index (χ1n) is 15.8. The second-order valence-corrected chi connectivity index (χ2v) is 13.5. The molecular formula is C34H44ClN5O4. The van der Waals surface area contributed by atoms with Gasteiger partial charge in [-0.2, -0.15) is 0 Å². The molecule has 0 bridgehead atoms. The summed E-state index contributed by atoms with van der Waals surface area (Å²) < 4.78 is 11.6. The van der Waals surface area contributed by atoms with Gasteiger partial charge in [-0.15, -0.1) is 0 Å². The lowest BCUT2D eigenvalue weighted by atomic mass is 9.92. The van der Waals surface area contributed by atoms with Crippen LogP contribution < -0.4 is 15.0 Å². The number of nitrogens with one attached hydrogen (secondary N) is 1. The zero-order chi connectivity index (χ0) is 31.3. The first-order chi connectivity index (χ1) is 21.1. The molecular weight excluding hydrogens is 578 g/mol. The van der Waals surface area contributed by atoms with Crippen molar-refractivity contribution in [2.24, 2.45) is 0 Å². The van der Waals surface area contributed by atoms with Crippen LogP contribution in [0.1, 0.15) is 69.7 Å². The van der Waals surface area contributed by atoms with E-state index in [1.54, 1.807) is 18.2 Å². The van der Waals surface area contributed by atoms with Gasteiger partial charge in [0, 0.05) is 62.6 Å². The molecule has 3 aliphatic rings. The summed E-state index contributed by atoms with van der Waals surface area (Å²) in [5.74, 6) is 0.641. The van der Waals surface area contributed by atoms with Gasteiger partial charge in [-0.3, -0.25) is 9.69 Å². The fraction of sp³-hybridized carbons (Fsp3) is 0.559. The fourth-order valence-corrected chi connectivity index (χ4v) is 6.56. The Morgan fingerprint density at radius 3 is 2.16 bits per heavy atom. The SMILES string of the molecule is [C-]#[N+]c1ccc(OC2CCC(NC(=O)c3ccc(N4CCN(C5CCN(C(=O)OC(C)(C)C)CC5)CC4)cc3)CC2)cc1Cl. The van der Waals surface area contributed by atoms with Crippen molar-refractivity contribution in [3.8, 4) is 5.75 Å². The van der Waals surface area contributed by atoms with Crippen LogP contribution in [-0.4, -0.2) is 84.9 Å². The molecule has 3 fully saturated rings. The Morgan fingerprint density at radius 1 is 0.909 bits per heavy atom. The molecule has 44 heavy (non-hydrogen) atoms. The number of nitrogens with zero attached hydrogens (tertiary/aromatic N) is 4. The predicted octanol–water partition coefficient (Wildman–Crippen LogP) is 6.53. The quantitative estimate of drug-likeness (QED) is 0.370. The van der Waals surface area contributed by atoms with Crippen molar-refractivity contribution in [2.45, 2.75) is 83.1 Å². The molecule has 2 heterocycles. The third kappa shape index (κ3) is 8.36. The molecule has 2 aromatic carbocycles. The van der Waals surface area contributed by atoms with Crippen molar-refractivity contribution in [1.82, 2.24) is 15.1 Å². The monoisotopic (exact) mass is 621 g/mol. The first kappa shape index (κ1) is 31.9. The van der Waals surface area contributed by atoms with E-state index < -0.39 is 5.60 Å². The average molecular weight is 622 g/mol. The molecule has 9 nitrogen and oxygen atoms in total. The zero-order valence-corrected chi connectivity index (χ0v) is 26.8. The molecule has 1 N–H and O–H groups in total. The number of hydrogen-bond donors (Lipinski definition) is 1. The van der Waals surface area contributed by atoms with Crippen LogP contribution in [0.15, 0.2) is 42.5 Å². The Hall–Kier alpha value is -3.48. The van der Waals surface area contributed by atoms with E-state index in [1.165, 1.54) is 0 Å². The highest BCUT2D eigenvalue weighted by Gasteiger charge is 2.31. The highest BCUT2D eigenvalue weighted by atomic mass is 35.5. The van der Waals surface area contributed by atoms with Gasteiger partial charge in [0.1, 0.15) is 11.4 Å². The van der Waals surface area contributed by atoms with E-state index in [9.17, 15) is 9.59 Å². The largest absolute Gasteiger partial charge is 0.490 e. The summed E-state index contributed by atoms with van der Waals surface area (Å²) in [6, 6.07) is 13.8. The van der Waals surface area contributed by atoms with Crippen LogP contribution >= 0.6 is 11.6 Å². The summed E-state index contributed by atoms with van der Waals surface area (Å²) in [6.45, 7) is 18.2. The van der Waals surface area contributed by atoms with Crippen molar-refractivity contribution < 1.29 is 19.1 Å². The van der Waals surface area contributed by atoms with Crippen molar-refractivity contribution in [3.05, 3.63) is 64.5 Å². The number of benzene rings is 2. The number of anilines is 1. The van der Waals surface area contributed by atoms with Gasteiger partial charge in [-0.05, 0) is 95.7 Å². The van der Waals surface area contributed by atoms with Crippen LogP contribution in [0.2, 0.25) is 5.02 Å². The Kier molecular flexibility index (Phi) is 10.2. The summed E-state index contributed by atoms with van der Waals surface area (Å²) in [7, 11) is 0. The zero-order valence-electron chi connectivity index (χ0n) is 26.1. The van der Waals surface area contributed by atoms with Crippen molar-refractivity contribution in [3.63, 3.8) is 0 Å². The van der Waals surface area contributed by atoms with E-state index in [1.807, 2.05) is 37.8 Å². The first-order valence-corrected chi connectivity index (χ1v) is 16.2. The van der Waals surface area contributed by atoms with Crippen LogP contribution in [0.5, 0.6) is 5.75 Å². The normalized spacial score (nSPS) is 21.8. The summed E-state index contributed by atoms with van der Waals surface area (Å²) >= 11 is 6.14. The molecule has 2 amide bonds. The maximum atomic E-state index is 13.0. The van der Waals surface area contributed by atoms with E-state index >= 15 is 0 Å². The van der Waals surface area contributed by atoms with Crippen LogP contribution in [-0.2, 0) is 4.74 Å². The number of carbonyl (C=O) groups excluding carboxylic acids is 2. The molecule has 2 saturated heterocycles. The molecule has 2 aliphatic heterocycles. The number of piperidine rings is 1. The number of rotatable bonds is 6.